The summed E-state index contributed by atoms with van der Waals surface area (Å²) in [6.45, 7) is 4.07. The summed E-state index contributed by atoms with van der Waals surface area (Å²) in [5.41, 5.74) is -1.30. The molecule has 0 aromatic heterocycles. The third kappa shape index (κ3) is 7.47. The predicted octanol–water partition coefficient (Wildman–Crippen LogP) is 3.51. The van der Waals surface area contributed by atoms with Crippen LogP contribution in [0.1, 0.15) is 26.7 Å². The first-order valence-corrected chi connectivity index (χ1v) is 11.2. The highest BCUT2D eigenvalue weighted by molar-refractivity contribution is 7.86. The molecule has 164 valence electrons. The molecule has 2 rings (SSSR count). The van der Waals surface area contributed by atoms with Crippen molar-refractivity contribution in [2.45, 2.75) is 32.3 Å². The zero-order valence-electron chi connectivity index (χ0n) is 17.2. The minimum atomic E-state index is -3.56. The standard InChI is InChI=1S/C21H26O8S/c1-4-21(2,20(22)23)28-19-8-5-7-18(15-19)27-14-6-13-26-16-9-11-17(12-10-16)29-30(3,24)25/h5,7-12,15H,4,6,13-14H2,1-3H3,(H,22,23). The normalized spacial score (nSPS) is 13.2. The van der Waals surface area contributed by atoms with Gasteiger partial charge in [0.1, 0.15) is 23.0 Å². The average molecular weight is 438 g/mol. The van der Waals surface area contributed by atoms with Crippen LogP contribution in [0.5, 0.6) is 23.0 Å². The van der Waals surface area contributed by atoms with Crippen molar-refractivity contribution >= 4 is 16.1 Å². The molecule has 1 atom stereocenters. The second kappa shape index (κ2) is 10.2. The number of hydrogen-bond donors (Lipinski definition) is 1. The van der Waals surface area contributed by atoms with Gasteiger partial charge in [0.05, 0.1) is 19.5 Å². The summed E-state index contributed by atoms with van der Waals surface area (Å²) in [5.74, 6) is 0.769. The van der Waals surface area contributed by atoms with Gasteiger partial charge in [-0.15, -0.1) is 0 Å². The van der Waals surface area contributed by atoms with Crippen LogP contribution in [-0.2, 0) is 14.9 Å². The van der Waals surface area contributed by atoms with Crippen molar-refractivity contribution in [1.82, 2.24) is 0 Å². The monoisotopic (exact) mass is 438 g/mol. The molecule has 0 amide bonds. The summed E-state index contributed by atoms with van der Waals surface area (Å²) in [6, 6.07) is 13.1. The summed E-state index contributed by atoms with van der Waals surface area (Å²) in [4.78, 5) is 11.4. The van der Waals surface area contributed by atoms with Gasteiger partial charge in [-0.25, -0.2) is 4.79 Å². The fourth-order valence-electron chi connectivity index (χ4n) is 2.36. The summed E-state index contributed by atoms with van der Waals surface area (Å²) >= 11 is 0. The number of benzene rings is 2. The first-order chi connectivity index (χ1) is 14.1. The first kappa shape index (κ1) is 23.3. The van der Waals surface area contributed by atoms with Crippen molar-refractivity contribution in [3.63, 3.8) is 0 Å². The van der Waals surface area contributed by atoms with E-state index >= 15 is 0 Å². The molecule has 0 bridgehead atoms. The van der Waals surface area contributed by atoms with Gasteiger partial charge < -0.3 is 23.5 Å². The van der Waals surface area contributed by atoms with E-state index in [1.165, 1.54) is 19.1 Å². The van der Waals surface area contributed by atoms with Crippen molar-refractivity contribution in [3.05, 3.63) is 48.5 Å². The minimum absolute atomic E-state index is 0.220. The van der Waals surface area contributed by atoms with Crippen LogP contribution in [0.4, 0.5) is 0 Å². The molecule has 0 spiro atoms. The maximum absolute atomic E-state index is 11.4. The zero-order valence-corrected chi connectivity index (χ0v) is 18.0. The summed E-state index contributed by atoms with van der Waals surface area (Å²) in [7, 11) is -3.56. The number of aliphatic carboxylic acids is 1. The molecule has 0 aliphatic heterocycles. The van der Waals surface area contributed by atoms with Crippen LogP contribution in [0.15, 0.2) is 48.5 Å². The highest BCUT2D eigenvalue weighted by Crippen LogP contribution is 2.25. The Balaban J connectivity index is 1.77. The molecule has 1 unspecified atom stereocenters. The Morgan fingerprint density at radius 3 is 2.10 bits per heavy atom. The van der Waals surface area contributed by atoms with E-state index in [0.717, 1.165) is 6.26 Å². The number of rotatable bonds is 12. The molecule has 0 fully saturated rings. The molecule has 0 saturated carbocycles. The minimum Gasteiger partial charge on any atom is -0.493 e. The van der Waals surface area contributed by atoms with Gasteiger partial charge >= 0.3 is 16.1 Å². The second-order valence-electron chi connectivity index (χ2n) is 6.78. The van der Waals surface area contributed by atoms with Crippen molar-refractivity contribution in [3.8, 4) is 23.0 Å². The lowest BCUT2D eigenvalue weighted by atomic mass is 10.0. The Hall–Kier alpha value is -2.94. The van der Waals surface area contributed by atoms with Gasteiger partial charge in [0.25, 0.3) is 0 Å². The highest BCUT2D eigenvalue weighted by Gasteiger charge is 2.33. The van der Waals surface area contributed by atoms with Gasteiger partial charge in [-0.1, -0.05) is 13.0 Å². The van der Waals surface area contributed by atoms with Crippen molar-refractivity contribution < 1.29 is 36.7 Å². The molecule has 0 radical (unpaired) electrons. The first-order valence-electron chi connectivity index (χ1n) is 9.39. The number of hydrogen-bond acceptors (Lipinski definition) is 7. The number of carbonyl (C=O) groups is 1. The van der Waals surface area contributed by atoms with E-state index in [0.29, 0.717) is 43.3 Å². The average Bonchev–Trinajstić information content (AvgIpc) is 2.68. The topological polar surface area (TPSA) is 108 Å². The van der Waals surface area contributed by atoms with Crippen LogP contribution in [0.3, 0.4) is 0 Å². The molecular formula is C21H26O8S. The number of carboxylic acid groups (broad SMARTS) is 1. The summed E-state index contributed by atoms with van der Waals surface area (Å²) < 4.78 is 43.8. The van der Waals surface area contributed by atoms with Crippen molar-refractivity contribution in [1.29, 1.82) is 0 Å². The Morgan fingerprint density at radius 2 is 1.53 bits per heavy atom. The van der Waals surface area contributed by atoms with Gasteiger partial charge in [0, 0.05) is 12.5 Å². The van der Waals surface area contributed by atoms with Crippen LogP contribution in [0.25, 0.3) is 0 Å². The SMILES string of the molecule is CCC(C)(Oc1cccc(OCCCOc2ccc(OS(C)(=O)=O)cc2)c1)C(=O)O. The fraction of sp³-hybridized carbons (Fsp3) is 0.381. The Morgan fingerprint density at radius 1 is 0.967 bits per heavy atom. The number of carboxylic acids is 1. The highest BCUT2D eigenvalue weighted by atomic mass is 32.2. The molecule has 0 saturated heterocycles. The van der Waals surface area contributed by atoms with Crippen LogP contribution in [0, 0.1) is 0 Å². The molecule has 2 aromatic rings. The van der Waals surface area contributed by atoms with Crippen molar-refractivity contribution in [2.24, 2.45) is 0 Å². The van der Waals surface area contributed by atoms with Crippen LogP contribution in [0.2, 0.25) is 0 Å². The maximum Gasteiger partial charge on any atom is 0.347 e. The van der Waals surface area contributed by atoms with Crippen molar-refractivity contribution in [2.75, 3.05) is 19.5 Å². The maximum atomic E-state index is 11.4. The lowest BCUT2D eigenvalue weighted by Crippen LogP contribution is -2.40. The summed E-state index contributed by atoms with van der Waals surface area (Å²) in [5, 5.41) is 9.32. The second-order valence-corrected chi connectivity index (χ2v) is 8.35. The predicted molar refractivity (Wildman–Crippen MR) is 111 cm³/mol. The molecule has 1 N–H and O–H groups in total. The summed E-state index contributed by atoms with van der Waals surface area (Å²) in [6.07, 6.45) is 1.91. The molecule has 9 heteroatoms. The Labute approximate surface area is 176 Å². The van der Waals surface area contributed by atoms with Gasteiger partial charge in [0.15, 0.2) is 0 Å². The quantitative estimate of drug-likeness (QED) is 0.396. The van der Waals surface area contributed by atoms with Gasteiger partial charge in [0.2, 0.25) is 5.60 Å². The Kier molecular flexibility index (Phi) is 7.93. The third-order valence-corrected chi connectivity index (χ3v) is 4.67. The molecule has 8 nitrogen and oxygen atoms in total. The molecule has 0 aliphatic carbocycles. The van der Waals surface area contributed by atoms with Gasteiger partial charge in [-0.05, 0) is 49.7 Å². The van der Waals surface area contributed by atoms with Gasteiger partial charge in [-0.3, -0.25) is 0 Å². The van der Waals surface area contributed by atoms with Crippen LogP contribution >= 0.6 is 0 Å². The van der Waals surface area contributed by atoms with E-state index in [2.05, 4.69) is 0 Å². The zero-order chi connectivity index (χ0) is 22.2. The van der Waals surface area contributed by atoms with E-state index in [-0.39, 0.29) is 5.75 Å². The van der Waals surface area contributed by atoms with Crippen LogP contribution in [-0.4, -0.2) is 44.6 Å². The smallest absolute Gasteiger partial charge is 0.347 e. The van der Waals surface area contributed by atoms with E-state index in [4.69, 9.17) is 18.4 Å². The fourth-order valence-corrected chi connectivity index (χ4v) is 2.82. The van der Waals surface area contributed by atoms with E-state index in [1.807, 2.05) is 0 Å². The molecular weight excluding hydrogens is 412 g/mol. The van der Waals surface area contributed by atoms with E-state index < -0.39 is 21.7 Å². The largest absolute Gasteiger partial charge is 0.493 e. The Bertz CT molecular complexity index is 940. The molecule has 0 heterocycles. The van der Waals surface area contributed by atoms with Gasteiger partial charge in [-0.2, -0.15) is 8.42 Å². The number of ether oxygens (including phenoxy) is 3. The molecule has 2 aromatic carbocycles. The van der Waals surface area contributed by atoms with E-state index in [1.54, 1.807) is 43.3 Å². The lowest BCUT2D eigenvalue weighted by molar-refractivity contribution is -0.154. The molecule has 30 heavy (non-hydrogen) atoms. The third-order valence-electron chi connectivity index (χ3n) is 4.17. The van der Waals surface area contributed by atoms with Crippen LogP contribution < -0.4 is 18.4 Å². The lowest BCUT2D eigenvalue weighted by Gasteiger charge is -2.25. The van der Waals surface area contributed by atoms with E-state index in [9.17, 15) is 18.3 Å². The molecule has 0 aliphatic rings.